The molecule has 3 nitrogen and oxygen atoms in total. The lowest BCUT2D eigenvalue weighted by molar-refractivity contribution is 0.390. The van der Waals surface area contributed by atoms with Crippen LogP contribution in [0.15, 0.2) is 30.3 Å². The van der Waals surface area contributed by atoms with Crippen molar-refractivity contribution in [3.8, 4) is 11.5 Å². The van der Waals surface area contributed by atoms with Gasteiger partial charge >= 0.3 is 0 Å². The molecule has 0 bridgehead atoms. The third-order valence-corrected chi connectivity index (χ3v) is 3.45. The standard InChI is InChI=1S/C15H14ClF2NO2/c1-20-12-4-3-11(15(21-2)13(12)16)14(19)8-5-9(17)7-10(18)6-8/h3-7,14H,19H2,1-2H3. The maximum Gasteiger partial charge on any atom is 0.146 e. The molecule has 0 radical (unpaired) electrons. The third kappa shape index (κ3) is 3.09. The van der Waals surface area contributed by atoms with Crippen LogP contribution in [0.5, 0.6) is 11.5 Å². The summed E-state index contributed by atoms with van der Waals surface area (Å²) in [4.78, 5) is 0. The average Bonchev–Trinajstić information content (AvgIpc) is 2.45. The topological polar surface area (TPSA) is 44.5 Å². The summed E-state index contributed by atoms with van der Waals surface area (Å²) >= 11 is 6.15. The van der Waals surface area contributed by atoms with Gasteiger partial charge in [-0.1, -0.05) is 11.6 Å². The molecule has 0 amide bonds. The minimum Gasteiger partial charge on any atom is -0.495 e. The fourth-order valence-electron chi connectivity index (χ4n) is 2.10. The summed E-state index contributed by atoms with van der Waals surface area (Å²) < 4.78 is 37.0. The van der Waals surface area contributed by atoms with E-state index < -0.39 is 17.7 Å². The van der Waals surface area contributed by atoms with E-state index in [9.17, 15) is 8.78 Å². The number of rotatable bonds is 4. The van der Waals surface area contributed by atoms with Crippen molar-refractivity contribution in [2.75, 3.05) is 14.2 Å². The van der Waals surface area contributed by atoms with Gasteiger partial charge in [0.15, 0.2) is 0 Å². The molecular weight excluding hydrogens is 300 g/mol. The number of methoxy groups -OCH3 is 2. The number of hydrogen-bond acceptors (Lipinski definition) is 3. The number of hydrogen-bond donors (Lipinski definition) is 1. The van der Waals surface area contributed by atoms with Crippen LogP contribution in [0, 0.1) is 11.6 Å². The summed E-state index contributed by atoms with van der Waals surface area (Å²) in [7, 11) is 2.91. The van der Waals surface area contributed by atoms with Crippen molar-refractivity contribution in [3.05, 3.63) is 58.1 Å². The predicted molar refractivity (Wildman–Crippen MR) is 76.9 cm³/mol. The molecule has 2 N–H and O–H groups in total. The first kappa shape index (κ1) is 15.5. The zero-order chi connectivity index (χ0) is 15.6. The van der Waals surface area contributed by atoms with Crippen molar-refractivity contribution in [3.63, 3.8) is 0 Å². The van der Waals surface area contributed by atoms with Crippen LogP contribution < -0.4 is 15.2 Å². The highest BCUT2D eigenvalue weighted by Crippen LogP contribution is 2.40. The van der Waals surface area contributed by atoms with Crippen molar-refractivity contribution in [2.24, 2.45) is 5.73 Å². The smallest absolute Gasteiger partial charge is 0.146 e. The quantitative estimate of drug-likeness (QED) is 0.936. The molecule has 0 spiro atoms. The van der Waals surface area contributed by atoms with E-state index in [0.29, 0.717) is 17.1 Å². The first-order chi connectivity index (χ1) is 9.97. The van der Waals surface area contributed by atoms with E-state index in [1.54, 1.807) is 12.1 Å². The van der Waals surface area contributed by atoms with Gasteiger partial charge in [-0.3, -0.25) is 0 Å². The molecule has 1 atom stereocenters. The lowest BCUT2D eigenvalue weighted by Gasteiger charge is -2.18. The first-order valence-electron chi connectivity index (χ1n) is 6.10. The van der Waals surface area contributed by atoms with Crippen molar-refractivity contribution in [2.45, 2.75) is 6.04 Å². The first-order valence-corrected chi connectivity index (χ1v) is 6.47. The molecule has 21 heavy (non-hydrogen) atoms. The second-order valence-electron chi connectivity index (χ2n) is 4.38. The molecule has 2 aromatic carbocycles. The largest absolute Gasteiger partial charge is 0.495 e. The monoisotopic (exact) mass is 313 g/mol. The summed E-state index contributed by atoms with van der Waals surface area (Å²) in [6, 6.07) is 5.62. The number of halogens is 3. The van der Waals surface area contributed by atoms with Gasteiger partial charge in [-0.2, -0.15) is 0 Å². The van der Waals surface area contributed by atoms with Gasteiger partial charge in [-0.15, -0.1) is 0 Å². The predicted octanol–water partition coefficient (Wildman–Crippen LogP) is 3.68. The van der Waals surface area contributed by atoms with E-state index in [1.165, 1.54) is 26.4 Å². The Morgan fingerprint density at radius 3 is 2.19 bits per heavy atom. The Labute approximate surface area is 126 Å². The maximum absolute atomic E-state index is 13.3. The van der Waals surface area contributed by atoms with E-state index in [-0.39, 0.29) is 10.6 Å². The second-order valence-corrected chi connectivity index (χ2v) is 4.76. The zero-order valence-electron chi connectivity index (χ0n) is 11.5. The van der Waals surface area contributed by atoms with Crippen LogP contribution in [-0.2, 0) is 0 Å². The van der Waals surface area contributed by atoms with Crippen molar-refractivity contribution in [1.82, 2.24) is 0 Å². The van der Waals surface area contributed by atoms with Crippen molar-refractivity contribution in [1.29, 1.82) is 0 Å². The Balaban J connectivity index is 2.52. The maximum atomic E-state index is 13.3. The molecule has 6 heteroatoms. The molecule has 2 rings (SSSR count). The number of benzene rings is 2. The highest BCUT2D eigenvalue weighted by Gasteiger charge is 2.20. The van der Waals surface area contributed by atoms with Crippen LogP contribution in [0.25, 0.3) is 0 Å². The Hall–Kier alpha value is -1.85. The molecule has 112 valence electrons. The molecule has 0 saturated carbocycles. The van der Waals surface area contributed by atoms with E-state index in [1.807, 2.05) is 0 Å². The molecule has 0 aromatic heterocycles. The van der Waals surface area contributed by atoms with Crippen LogP contribution >= 0.6 is 11.6 Å². The molecule has 0 aliphatic heterocycles. The van der Waals surface area contributed by atoms with Gasteiger partial charge in [0, 0.05) is 11.6 Å². The number of nitrogens with two attached hydrogens (primary N) is 1. The van der Waals surface area contributed by atoms with Gasteiger partial charge < -0.3 is 15.2 Å². The fourth-order valence-corrected chi connectivity index (χ4v) is 2.42. The van der Waals surface area contributed by atoms with Crippen molar-refractivity contribution < 1.29 is 18.3 Å². The molecular formula is C15H14ClF2NO2. The van der Waals surface area contributed by atoms with Crippen LogP contribution in [0.4, 0.5) is 8.78 Å². The Morgan fingerprint density at radius 2 is 1.67 bits per heavy atom. The van der Waals surface area contributed by atoms with E-state index in [2.05, 4.69) is 0 Å². The summed E-state index contributed by atoms with van der Waals surface area (Å²) in [6.45, 7) is 0. The Morgan fingerprint density at radius 1 is 1.05 bits per heavy atom. The summed E-state index contributed by atoms with van der Waals surface area (Å²) in [5.74, 6) is -0.652. The Kier molecular flexibility index (Phi) is 4.65. The molecule has 0 saturated heterocycles. The van der Waals surface area contributed by atoms with Crippen molar-refractivity contribution >= 4 is 11.6 Å². The molecule has 2 aromatic rings. The lowest BCUT2D eigenvalue weighted by atomic mass is 9.98. The summed E-state index contributed by atoms with van der Waals surface area (Å²) in [5, 5.41) is 0.254. The lowest BCUT2D eigenvalue weighted by Crippen LogP contribution is -2.14. The minimum absolute atomic E-state index is 0.254. The molecule has 1 unspecified atom stereocenters. The highest BCUT2D eigenvalue weighted by molar-refractivity contribution is 6.33. The third-order valence-electron chi connectivity index (χ3n) is 3.10. The minimum atomic E-state index is -0.784. The van der Waals surface area contributed by atoms with Gasteiger partial charge in [-0.25, -0.2) is 8.78 Å². The summed E-state index contributed by atoms with van der Waals surface area (Å²) in [6.07, 6.45) is 0. The van der Waals surface area contributed by atoms with E-state index >= 15 is 0 Å². The van der Waals surface area contributed by atoms with Crippen LogP contribution in [0.1, 0.15) is 17.2 Å². The molecule has 0 aliphatic rings. The zero-order valence-corrected chi connectivity index (χ0v) is 12.2. The SMILES string of the molecule is COc1ccc(C(N)c2cc(F)cc(F)c2)c(OC)c1Cl. The van der Waals surface area contributed by atoms with Gasteiger partial charge in [0.05, 0.1) is 20.3 Å². The summed E-state index contributed by atoms with van der Waals surface area (Å²) in [5.41, 5.74) is 6.87. The van der Waals surface area contributed by atoms with E-state index in [0.717, 1.165) is 6.07 Å². The van der Waals surface area contributed by atoms with Crippen LogP contribution in [0.2, 0.25) is 5.02 Å². The van der Waals surface area contributed by atoms with Gasteiger partial charge in [0.25, 0.3) is 0 Å². The molecule has 0 heterocycles. The van der Waals surface area contributed by atoms with Crippen LogP contribution in [0.3, 0.4) is 0 Å². The van der Waals surface area contributed by atoms with Gasteiger partial charge in [0.2, 0.25) is 0 Å². The number of ether oxygens (including phenoxy) is 2. The molecule has 0 fully saturated rings. The molecule has 0 aliphatic carbocycles. The van der Waals surface area contributed by atoms with E-state index in [4.69, 9.17) is 26.8 Å². The van der Waals surface area contributed by atoms with Crippen LogP contribution in [-0.4, -0.2) is 14.2 Å². The average molecular weight is 314 g/mol. The van der Waals surface area contributed by atoms with Gasteiger partial charge in [0.1, 0.15) is 28.2 Å². The fraction of sp³-hybridized carbons (Fsp3) is 0.200. The normalized spacial score (nSPS) is 12.1. The Bertz CT molecular complexity index is 644. The second kappa shape index (κ2) is 6.28. The highest BCUT2D eigenvalue weighted by atomic mass is 35.5. The van der Waals surface area contributed by atoms with Gasteiger partial charge in [-0.05, 0) is 29.8 Å².